The molecule has 1 aliphatic heterocycles. The van der Waals surface area contributed by atoms with Crippen LogP contribution in [0, 0.1) is 11.6 Å². The molecule has 3 rings (SSSR count). The number of anilines is 1. The average molecular weight is 450 g/mol. The Labute approximate surface area is 179 Å². The number of carbonyl (C=O) groups is 2. The number of nitrogens with one attached hydrogen (secondary N) is 1. The van der Waals surface area contributed by atoms with Crippen molar-refractivity contribution in [3.05, 3.63) is 59.7 Å². The standard InChI is InChI=1S/C22H25F2N2O4P/c1-3-31(30,4-2)19-7-5-18(6-8-19)26-10-9-22(29,21(26)28)20(27)25-14-15-11-16(23)13-17(24)12-15/h5-8,11-13,29H,3-4,9-10,14H2,1-2H3,(H,25,27)/t22-/m0/s1. The smallest absolute Gasteiger partial charge is 0.268 e. The summed E-state index contributed by atoms with van der Waals surface area (Å²) in [5.41, 5.74) is -1.61. The van der Waals surface area contributed by atoms with Crippen LogP contribution in [0.15, 0.2) is 42.5 Å². The zero-order valence-corrected chi connectivity index (χ0v) is 18.3. The normalized spacial score (nSPS) is 19.0. The third-order valence-electron chi connectivity index (χ3n) is 5.70. The van der Waals surface area contributed by atoms with Gasteiger partial charge in [-0.05, 0) is 42.0 Å². The van der Waals surface area contributed by atoms with Gasteiger partial charge in [0.15, 0.2) is 0 Å². The Morgan fingerprint density at radius 3 is 2.26 bits per heavy atom. The van der Waals surface area contributed by atoms with E-state index < -0.39 is 36.2 Å². The topological polar surface area (TPSA) is 86.7 Å². The molecule has 0 unspecified atom stereocenters. The number of carbonyl (C=O) groups excluding carboxylic acids is 2. The van der Waals surface area contributed by atoms with E-state index in [1.165, 1.54) is 4.90 Å². The molecule has 0 aromatic heterocycles. The van der Waals surface area contributed by atoms with Crippen LogP contribution in [0.1, 0.15) is 25.8 Å². The van der Waals surface area contributed by atoms with Gasteiger partial charge in [-0.3, -0.25) is 9.59 Å². The lowest BCUT2D eigenvalue weighted by Crippen LogP contribution is -2.52. The molecular formula is C22H25F2N2O4P. The van der Waals surface area contributed by atoms with E-state index in [1.807, 2.05) is 13.8 Å². The van der Waals surface area contributed by atoms with Crippen LogP contribution in [0.3, 0.4) is 0 Å². The fourth-order valence-corrected chi connectivity index (χ4v) is 5.57. The van der Waals surface area contributed by atoms with Gasteiger partial charge in [0.25, 0.3) is 11.8 Å². The molecule has 0 bridgehead atoms. The van der Waals surface area contributed by atoms with Crippen LogP contribution in [0.25, 0.3) is 0 Å². The van der Waals surface area contributed by atoms with Crippen molar-refractivity contribution in [3.63, 3.8) is 0 Å². The van der Waals surface area contributed by atoms with E-state index in [9.17, 15) is 28.0 Å². The Hall–Kier alpha value is -2.57. The highest BCUT2D eigenvalue weighted by Gasteiger charge is 2.51. The maximum Gasteiger partial charge on any atom is 0.268 e. The third kappa shape index (κ3) is 4.55. The molecule has 1 heterocycles. The molecule has 1 atom stereocenters. The molecule has 9 heteroatoms. The first-order chi connectivity index (χ1) is 14.6. The van der Waals surface area contributed by atoms with Crippen LogP contribution in [0.4, 0.5) is 14.5 Å². The van der Waals surface area contributed by atoms with Crippen molar-refractivity contribution in [1.29, 1.82) is 0 Å². The zero-order chi connectivity index (χ0) is 22.8. The monoisotopic (exact) mass is 450 g/mol. The highest BCUT2D eigenvalue weighted by molar-refractivity contribution is 7.71. The lowest BCUT2D eigenvalue weighted by atomic mass is 10.0. The van der Waals surface area contributed by atoms with Gasteiger partial charge < -0.3 is 19.9 Å². The molecule has 166 valence electrons. The Bertz CT molecular complexity index is 1020. The predicted molar refractivity (Wildman–Crippen MR) is 115 cm³/mol. The number of halogens is 2. The Morgan fingerprint density at radius 1 is 1.13 bits per heavy atom. The van der Waals surface area contributed by atoms with Gasteiger partial charge in [0.1, 0.15) is 18.8 Å². The van der Waals surface area contributed by atoms with Gasteiger partial charge in [-0.2, -0.15) is 0 Å². The van der Waals surface area contributed by atoms with E-state index in [4.69, 9.17) is 0 Å². The Kier molecular flexibility index (Phi) is 6.62. The maximum absolute atomic E-state index is 13.3. The summed E-state index contributed by atoms with van der Waals surface area (Å²) in [6.45, 7) is 3.63. The molecule has 31 heavy (non-hydrogen) atoms. The van der Waals surface area contributed by atoms with Crippen molar-refractivity contribution in [3.8, 4) is 0 Å². The summed E-state index contributed by atoms with van der Waals surface area (Å²) < 4.78 is 39.4. The predicted octanol–water partition coefficient (Wildman–Crippen LogP) is 2.78. The second-order valence-electron chi connectivity index (χ2n) is 7.57. The molecule has 0 aliphatic carbocycles. The van der Waals surface area contributed by atoms with Crippen LogP contribution in [-0.4, -0.2) is 41.4 Å². The van der Waals surface area contributed by atoms with Gasteiger partial charge in [-0.1, -0.05) is 13.8 Å². The van der Waals surface area contributed by atoms with Gasteiger partial charge in [0.2, 0.25) is 5.60 Å². The van der Waals surface area contributed by atoms with Crippen LogP contribution in [-0.2, 0) is 20.7 Å². The molecule has 1 saturated heterocycles. The SMILES string of the molecule is CCP(=O)(CC)c1ccc(N2CC[C@](O)(C(=O)NCc3cc(F)cc(F)c3)C2=O)cc1. The van der Waals surface area contributed by atoms with Gasteiger partial charge >= 0.3 is 0 Å². The van der Waals surface area contributed by atoms with Gasteiger partial charge in [0, 0.05) is 48.9 Å². The summed E-state index contributed by atoms with van der Waals surface area (Å²) in [6, 6.07) is 9.57. The molecule has 2 aromatic carbocycles. The van der Waals surface area contributed by atoms with Crippen LogP contribution < -0.4 is 15.5 Å². The van der Waals surface area contributed by atoms with Crippen molar-refractivity contribution in [1.82, 2.24) is 5.32 Å². The average Bonchev–Trinajstić information content (AvgIpc) is 3.06. The number of amides is 2. The summed E-state index contributed by atoms with van der Waals surface area (Å²) in [6.07, 6.45) is 0.959. The highest BCUT2D eigenvalue weighted by Crippen LogP contribution is 2.43. The minimum absolute atomic E-state index is 0.121. The molecule has 1 fully saturated rings. The fraction of sp³-hybridized carbons (Fsp3) is 0.364. The van der Waals surface area contributed by atoms with Gasteiger partial charge in [-0.25, -0.2) is 8.78 Å². The summed E-state index contributed by atoms with van der Waals surface area (Å²) in [5.74, 6) is -3.28. The first kappa shape index (κ1) is 23.1. The molecule has 2 N–H and O–H groups in total. The van der Waals surface area contributed by atoms with Gasteiger partial charge in [-0.15, -0.1) is 0 Å². The first-order valence-electron chi connectivity index (χ1n) is 10.1. The van der Waals surface area contributed by atoms with E-state index in [0.29, 0.717) is 24.1 Å². The second-order valence-corrected chi connectivity index (χ2v) is 11.1. The number of nitrogens with zero attached hydrogens (tertiary/aromatic N) is 1. The number of hydrogen-bond acceptors (Lipinski definition) is 4. The molecule has 1 aliphatic rings. The number of aliphatic hydroxyl groups is 1. The van der Waals surface area contributed by atoms with Crippen LogP contribution in [0.5, 0.6) is 0 Å². The lowest BCUT2D eigenvalue weighted by Gasteiger charge is -2.22. The van der Waals surface area contributed by atoms with E-state index in [-0.39, 0.29) is 25.1 Å². The molecule has 6 nitrogen and oxygen atoms in total. The zero-order valence-electron chi connectivity index (χ0n) is 17.4. The van der Waals surface area contributed by atoms with Crippen molar-refractivity contribution in [2.75, 3.05) is 23.8 Å². The van der Waals surface area contributed by atoms with Crippen LogP contribution >= 0.6 is 7.14 Å². The summed E-state index contributed by atoms with van der Waals surface area (Å²) >= 11 is 0. The maximum atomic E-state index is 13.3. The van der Waals surface area contributed by atoms with Crippen molar-refractivity contribution in [2.45, 2.75) is 32.4 Å². The quantitative estimate of drug-likeness (QED) is 0.502. The largest absolute Gasteiger partial charge is 0.372 e. The lowest BCUT2D eigenvalue weighted by molar-refractivity contribution is -0.149. The first-order valence-corrected chi connectivity index (χ1v) is 12.2. The van der Waals surface area contributed by atoms with E-state index >= 15 is 0 Å². The number of rotatable bonds is 7. The summed E-state index contributed by atoms with van der Waals surface area (Å²) in [7, 11) is -2.46. The van der Waals surface area contributed by atoms with Crippen molar-refractivity contribution < 1.29 is 28.0 Å². The third-order valence-corrected chi connectivity index (χ3v) is 8.98. The van der Waals surface area contributed by atoms with Gasteiger partial charge in [0.05, 0.1) is 0 Å². The molecule has 0 radical (unpaired) electrons. The highest BCUT2D eigenvalue weighted by atomic mass is 31.2. The molecule has 2 aromatic rings. The number of hydrogen-bond donors (Lipinski definition) is 2. The molecular weight excluding hydrogens is 425 g/mol. The summed E-state index contributed by atoms with van der Waals surface area (Å²) in [5, 5.41) is 13.8. The summed E-state index contributed by atoms with van der Waals surface area (Å²) in [4.78, 5) is 26.7. The van der Waals surface area contributed by atoms with Crippen LogP contribution in [0.2, 0.25) is 0 Å². The molecule has 2 amide bonds. The second kappa shape index (κ2) is 8.89. The van der Waals surface area contributed by atoms with E-state index in [1.54, 1.807) is 24.3 Å². The fourth-order valence-electron chi connectivity index (χ4n) is 3.70. The van der Waals surface area contributed by atoms with E-state index in [0.717, 1.165) is 17.4 Å². The number of benzene rings is 2. The van der Waals surface area contributed by atoms with Crippen molar-refractivity contribution >= 4 is 29.9 Å². The minimum atomic E-state index is -2.46. The molecule has 0 saturated carbocycles. The van der Waals surface area contributed by atoms with E-state index in [2.05, 4.69) is 5.32 Å². The minimum Gasteiger partial charge on any atom is -0.372 e. The Morgan fingerprint density at radius 2 is 1.71 bits per heavy atom. The molecule has 0 spiro atoms. The Balaban J connectivity index is 1.71. The van der Waals surface area contributed by atoms with Crippen molar-refractivity contribution in [2.24, 2.45) is 0 Å².